The molecule has 0 saturated carbocycles. The summed E-state index contributed by atoms with van der Waals surface area (Å²) in [6.07, 6.45) is 1.60. The Kier molecular flexibility index (Phi) is 4.51. The highest BCUT2D eigenvalue weighted by atomic mass is 35.5. The van der Waals surface area contributed by atoms with Gasteiger partial charge in [-0.15, -0.1) is 10.2 Å². The Morgan fingerprint density at radius 1 is 1.28 bits per heavy atom. The molecule has 0 spiro atoms. The number of hydrogen-bond acceptors (Lipinski definition) is 8. The van der Waals surface area contributed by atoms with Gasteiger partial charge in [-0.1, -0.05) is 28.5 Å². The third-order valence-corrected chi connectivity index (χ3v) is 5.29. The minimum absolute atomic E-state index is 0.381. The predicted molar refractivity (Wildman–Crippen MR) is 96.4 cm³/mol. The number of thioether (sulfide) groups is 1. The highest BCUT2D eigenvalue weighted by molar-refractivity contribution is 7.98. The summed E-state index contributed by atoms with van der Waals surface area (Å²) in [4.78, 5) is 8.32. The molecule has 7 nitrogen and oxygen atoms in total. The van der Waals surface area contributed by atoms with E-state index in [1.165, 1.54) is 11.8 Å². The van der Waals surface area contributed by atoms with Crippen molar-refractivity contribution < 1.29 is 4.52 Å². The molecule has 4 rings (SSSR count). The van der Waals surface area contributed by atoms with Gasteiger partial charge in [-0.25, -0.2) is 4.98 Å². The number of halogens is 1. The van der Waals surface area contributed by atoms with Gasteiger partial charge in [0.05, 0.1) is 5.75 Å². The number of thiophene rings is 1. The van der Waals surface area contributed by atoms with Crippen LogP contribution in [-0.2, 0) is 12.8 Å². The van der Waals surface area contributed by atoms with E-state index in [-0.39, 0.29) is 0 Å². The van der Waals surface area contributed by atoms with Crippen molar-refractivity contribution in [3.8, 4) is 22.8 Å². The summed E-state index contributed by atoms with van der Waals surface area (Å²) in [5.41, 5.74) is 1.80. The monoisotopic (exact) mass is 390 g/mol. The molecule has 126 valence electrons. The van der Waals surface area contributed by atoms with Crippen LogP contribution in [-0.4, -0.2) is 29.9 Å². The van der Waals surface area contributed by atoms with Crippen LogP contribution in [0.2, 0.25) is 5.15 Å². The molecule has 0 aliphatic carbocycles. The molecule has 4 heterocycles. The third kappa shape index (κ3) is 3.44. The molecule has 0 unspecified atom stereocenters. The second kappa shape index (κ2) is 6.95. The van der Waals surface area contributed by atoms with Gasteiger partial charge in [-0.3, -0.25) is 0 Å². The Morgan fingerprint density at radius 3 is 3.00 bits per heavy atom. The van der Waals surface area contributed by atoms with E-state index >= 15 is 0 Å². The quantitative estimate of drug-likeness (QED) is 0.377. The van der Waals surface area contributed by atoms with E-state index in [2.05, 4.69) is 25.3 Å². The lowest BCUT2D eigenvalue weighted by Crippen LogP contribution is -1.94. The molecule has 0 atom stereocenters. The largest absolute Gasteiger partial charge is 0.334 e. The molecule has 4 aromatic heterocycles. The number of hydrogen-bond donors (Lipinski definition) is 0. The van der Waals surface area contributed by atoms with Gasteiger partial charge in [0, 0.05) is 29.8 Å². The summed E-state index contributed by atoms with van der Waals surface area (Å²) >= 11 is 9.01. The minimum Gasteiger partial charge on any atom is -0.334 e. The van der Waals surface area contributed by atoms with Crippen LogP contribution in [0.5, 0.6) is 0 Å². The summed E-state index contributed by atoms with van der Waals surface area (Å²) in [6.45, 7) is 0. The fraction of sp³-hybridized carbons (Fsp3) is 0.133. The second-order valence-electron chi connectivity index (χ2n) is 5.05. The highest BCUT2D eigenvalue weighted by Gasteiger charge is 2.14. The molecule has 0 amide bonds. The number of aromatic nitrogens is 6. The summed E-state index contributed by atoms with van der Waals surface area (Å²) in [6, 6.07) is 5.47. The Labute approximate surface area is 156 Å². The van der Waals surface area contributed by atoms with E-state index in [1.807, 2.05) is 28.4 Å². The molecule has 0 aliphatic heterocycles. The lowest BCUT2D eigenvalue weighted by atomic mass is 10.3. The van der Waals surface area contributed by atoms with Crippen LogP contribution in [0.1, 0.15) is 5.82 Å². The van der Waals surface area contributed by atoms with Crippen LogP contribution in [0.4, 0.5) is 0 Å². The minimum atomic E-state index is 0.381. The lowest BCUT2D eigenvalue weighted by Gasteiger charge is -2.00. The molecule has 4 aromatic rings. The van der Waals surface area contributed by atoms with Crippen molar-refractivity contribution in [3.63, 3.8) is 0 Å². The first-order valence-corrected chi connectivity index (χ1v) is 9.50. The first-order valence-electron chi connectivity index (χ1n) is 7.20. The van der Waals surface area contributed by atoms with Crippen LogP contribution >= 0.6 is 34.7 Å². The molecular weight excluding hydrogens is 380 g/mol. The van der Waals surface area contributed by atoms with Crippen molar-refractivity contribution in [3.05, 3.63) is 46.1 Å². The molecular formula is C15H11ClN6OS2. The molecule has 25 heavy (non-hydrogen) atoms. The zero-order chi connectivity index (χ0) is 17.2. The van der Waals surface area contributed by atoms with Crippen LogP contribution in [0.25, 0.3) is 22.8 Å². The van der Waals surface area contributed by atoms with E-state index in [0.29, 0.717) is 22.6 Å². The third-order valence-electron chi connectivity index (χ3n) is 3.39. The van der Waals surface area contributed by atoms with Gasteiger partial charge in [0.1, 0.15) is 5.15 Å². The molecule has 0 fully saturated rings. The molecule has 0 radical (unpaired) electrons. The first-order chi connectivity index (χ1) is 12.2. The number of pyridine rings is 1. The van der Waals surface area contributed by atoms with Gasteiger partial charge < -0.3 is 9.09 Å². The maximum atomic E-state index is 5.88. The molecule has 10 heteroatoms. The Bertz CT molecular complexity index is 997. The Hall–Kier alpha value is -2.23. The molecule has 0 saturated heterocycles. The predicted octanol–water partition coefficient (Wildman–Crippen LogP) is 3.93. The highest BCUT2D eigenvalue weighted by Crippen LogP contribution is 2.26. The van der Waals surface area contributed by atoms with Crippen LogP contribution in [0, 0.1) is 0 Å². The molecule has 0 aliphatic rings. The molecule has 0 aromatic carbocycles. The van der Waals surface area contributed by atoms with E-state index in [9.17, 15) is 0 Å². The van der Waals surface area contributed by atoms with Gasteiger partial charge in [-0.2, -0.15) is 16.3 Å². The fourth-order valence-corrected chi connectivity index (χ4v) is 3.74. The zero-order valence-corrected chi connectivity index (χ0v) is 15.3. The van der Waals surface area contributed by atoms with Gasteiger partial charge >= 0.3 is 0 Å². The standard InChI is InChI=1S/C15H11ClN6OS2/c1-22-13(10-3-5-24-7-10)19-20-15(22)25-8-12-18-14(23-21-12)9-2-4-17-11(16)6-9/h2-7H,8H2,1H3. The number of nitrogens with zero attached hydrogens (tertiary/aromatic N) is 6. The summed E-state index contributed by atoms with van der Waals surface area (Å²) in [5.74, 6) is 2.35. The van der Waals surface area contributed by atoms with Crippen LogP contribution in [0.15, 0.2) is 44.8 Å². The van der Waals surface area contributed by atoms with Gasteiger partial charge in [0.2, 0.25) is 0 Å². The smallest absolute Gasteiger partial charge is 0.258 e. The van der Waals surface area contributed by atoms with Crippen molar-refractivity contribution >= 4 is 34.7 Å². The van der Waals surface area contributed by atoms with E-state index in [0.717, 1.165) is 22.1 Å². The average Bonchev–Trinajstić information content (AvgIpc) is 3.34. The topological polar surface area (TPSA) is 82.5 Å². The van der Waals surface area contributed by atoms with Crippen molar-refractivity contribution in [1.29, 1.82) is 0 Å². The summed E-state index contributed by atoms with van der Waals surface area (Å²) < 4.78 is 7.24. The Morgan fingerprint density at radius 2 is 2.20 bits per heavy atom. The number of rotatable bonds is 5. The fourth-order valence-electron chi connectivity index (χ4n) is 2.18. The van der Waals surface area contributed by atoms with E-state index < -0.39 is 0 Å². The van der Waals surface area contributed by atoms with Crippen molar-refractivity contribution in [1.82, 2.24) is 29.9 Å². The SMILES string of the molecule is Cn1c(SCc2noc(-c3ccnc(Cl)c3)n2)nnc1-c1ccsc1. The van der Waals surface area contributed by atoms with Gasteiger partial charge in [-0.05, 0) is 23.6 Å². The molecule has 0 N–H and O–H groups in total. The van der Waals surface area contributed by atoms with Crippen LogP contribution in [0.3, 0.4) is 0 Å². The van der Waals surface area contributed by atoms with E-state index in [1.54, 1.807) is 29.7 Å². The van der Waals surface area contributed by atoms with Gasteiger partial charge in [0.15, 0.2) is 16.8 Å². The summed E-state index contributed by atoms with van der Waals surface area (Å²) in [5, 5.41) is 17.7. The van der Waals surface area contributed by atoms with Crippen molar-refractivity contribution in [2.75, 3.05) is 0 Å². The zero-order valence-electron chi connectivity index (χ0n) is 13.0. The molecule has 0 bridgehead atoms. The lowest BCUT2D eigenvalue weighted by molar-refractivity contribution is 0.425. The Balaban J connectivity index is 1.48. The summed E-state index contributed by atoms with van der Waals surface area (Å²) in [7, 11) is 1.94. The second-order valence-corrected chi connectivity index (χ2v) is 7.16. The van der Waals surface area contributed by atoms with Crippen molar-refractivity contribution in [2.45, 2.75) is 10.9 Å². The maximum absolute atomic E-state index is 5.88. The maximum Gasteiger partial charge on any atom is 0.258 e. The average molecular weight is 391 g/mol. The van der Waals surface area contributed by atoms with Crippen LogP contribution < -0.4 is 0 Å². The van der Waals surface area contributed by atoms with E-state index in [4.69, 9.17) is 16.1 Å². The van der Waals surface area contributed by atoms with Crippen molar-refractivity contribution in [2.24, 2.45) is 7.05 Å². The first kappa shape index (κ1) is 16.2. The van der Waals surface area contributed by atoms with Gasteiger partial charge in [0.25, 0.3) is 5.89 Å². The normalized spacial score (nSPS) is 11.1.